The van der Waals surface area contributed by atoms with Gasteiger partial charge in [-0.3, -0.25) is 0 Å². The van der Waals surface area contributed by atoms with Crippen LogP contribution in [0.15, 0.2) is 24.3 Å². The summed E-state index contributed by atoms with van der Waals surface area (Å²) in [5, 5.41) is 3.55. The quantitative estimate of drug-likeness (QED) is 0.803. The Hall–Kier alpha value is -1.02. The fraction of sp³-hybridized carbons (Fsp3) is 0.625. The van der Waals surface area contributed by atoms with Crippen molar-refractivity contribution in [1.29, 1.82) is 0 Å². The Labute approximate surface area is 111 Å². The Balaban J connectivity index is 1.70. The van der Waals surface area contributed by atoms with Gasteiger partial charge >= 0.3 is 0 Å². The standard InChI is InChI=1S/C16H26N2/c1-16(2,3)13-17-10-6-11-18-12-9-14-7-4-5-8-15(14)18/h4-5,7-8,17H,6,9-13H2,1-3H3. The highest BCUT2D eigenvalue weighted by Crippen LogP contribution is 2.27. The van der Waals surface area contributed by atoms with Crippen molar-refractivity contribution in [2.75, 3.05) is 31.1 Å². The van der Waals surface area contributed by atoms with Gasteiger partial charge in [0.15, 0.2) is 0 Å². The highest BCUT2D eigenvalue weighted by Gasteiger charge is 2.17. The molecule has 0 fully saturated rings. The molecular formula is C16H26N2. The first-order valence-electron chi connectivity index (χ1n) is 7.10. The normalized spacial score (nSPS) is 14.9. The van der Waals surface area contributed by atoms with Gasteiger partial charge in [0, 0.05) is 18.8 Å². The van der Waals surface area contributed by atoms with Crippen LogP contribution in [0, 0.1) is 5.41 Å². The molecule has 1 N–H and O–H groups in total. The second-order valence-electron chi connectivity index (χ2n) is 6.46. The van der Waals surface area contributed by atoms with E-state index < -0.39 is 0 Å². The number of nitrogens with one attached hydrogen (secondary N) is 1. The van der Waals surface area contributed by atoms with Gasteiger partial charge in [0.05, 0.1) is 0 Å². The van der Waals surface area contributed by atoms with Gasteiger partial charge in [-0.2, -0.15) is 0 Å². The number of benzene rings is 1. The first-order chi connectivity index (χ1) is 8.56. The molecule has 0 atom stereocenters. The van der Waals surface area contributed by atoms with E-state index in [4.69, 9.17) is 0 Å². The summed E-state index contributed by atoms with van der Waals surface area (Å²) in [6.07, 6.45) is 2.44. The van der Waals surface area contributed by atoms with Crippen LogP contribution in [-0.2, 0) is 6.42 Å². The predicted octanol–water partition coefficient (Wildman–Crippen LogP) is 3.07. The van der Waals surface area contributed by atoms with E-state index in [1.165, 1.54) is 37.2 Å². The Morgan fingerprint density at radius 1 is 1.22 bits per heavy atom. The number of nitrogens with zero attached hydrogens (tertiary/aromatic N) is 1. The molecule has 0 unspecified atom stereocenters. The maximum Gasteiger partial charge on any atom is 0.0399 e. The van der Waals surface area contributed by atoms with Crippen LogP contribution in [0.1, 0.15) is 32.8 Å². The van der Waals surface area contributed by atoms with Crippen LogP contribution < -0.4 is 10.2 Å². The highest BCUT2D eigenvalue weighted by atomic mass is 15.1. The molecule has 100 valence electrons. The molecule has 0 saturated carbocycles. The average Bonchev–Trinajstić information content (AvgIpc) is 2.71. The third kappa shape index (κ3) is 3.74. The zero-order valence-corrected chi connectivity index (χ0v) is 12.0. The molecule has 0 saturated heterocycles. The second-order valence-corrected chi connectivity index (χ2v) is 6.46. The van der Waals surface area contributed by atoms with Crippen molar-refractivity contribution in [3.63, 3.8) is 0 Å². The van der Waals surface area contributed by atoms with Crippen LogP contribution in [0.25, 0.3) is 0 Å². The molecule has 2 heteroatoms. The van der Waals surface area contributed by atoms with Crippen LogP contribution in [0.3, 0.4) is 0 Å². The Bertz CT molecular complexity index is 379. The lowest BCUT2D eigenvalue weighted by Gasteiger charge is -2.21. The van der Waals surface area contributed by atoms with E-state index in [1.807, 2.05) is 0 Å². The first-order valence-corrected chi connectivity index (χ1v) is 7.10. The van der Waals surface area contributed by atoms with E-state index >= 15 is 0 Å². The zero-order chi connectivity index (χ0) is 13.0. The molecule has 0 radical (unpaired) electrons. The number of para-hydroxylation sites is 1. The third-order valence-corrected chi connectivity index (χ3v) is 3.42. The summed E-state index contributed by atoms with van der Waals surface area (Å²) < 4.78 is 0. The summed E-state index contributed by atoms with van der Waals surface area (Å²) >= 11 is 0. The maximum absolute atomic E-state index is 3.55. The molecule has 0 aromatic heterocycles. The van der Waals surface area contributed by atoms with Crippen LogP contribution in [0.4, 0.5) is 5.69 Å². The van der Waals surface area contributed by atoms with Crippen molar-refractivity contribution in [2.24, 2.45) is 5.41 Å². The van der Waals surface area contributed by atoms with Gasteiger partial charge in [0.1, 0.15) is 0 Å². The number of hydrogen-bond acceptors (Lipinski definition) is 2. The molecule has 1 aliphatic heterocycles. The van der Waals surface area contributed by atoms with Crippen molar-refractivity contribution in [2.45, 2.75) is 33.6 Å². The van der Waals surface area contributed by atoms with Gasteiger partial charge in [-0.15, -0.1) is 0 Å². The molecule has 2 rings (SSSR count). The van der Waals surface area contributed by atoms with Gasteiger partial charge in [-0.25, -0.2) is 0 Å². The number of rotatable bonds is 5. The fourth-order valence-corrected chi connectivity index (χ4v) is 2.50. The molecule has 0 bridgehead atoms. The molecule has 0 spiro atoms. The number of hydrogen-bond donors (Lipinski definition) is 1. The van der Waals surface area contributed by atoms with Crippen LogP contribution in [0.5, 0.6) is 0 Å². The molecule has 0 aliphatic carbocycles. The van der Waals surface area contributed by atoms with E-state index in [2.05, 4.69) is 55.3 Å². The molecule has 1 aromatic carbocycles. The fourth-order valence-electron chi connectivity index (χ4n) is 2.50. The van der Waals surface area contributed by atoms with E-state index in [0.29, 0.717) is 5.41 Å². The van der Waals surface area contributed by atoms with E-state index in [9.17, 15) is 0 Å². The van der Waals surface area contributed by atoms with E-state index in [0.717, 1.165) is 13.1 Å². The Morgan fingerprint density at radius 3 is 2.78 bits per heavy atom. The largest absolute Gasteiger partial charge is 0.371 e. The summed E-state index contributed by atoms with van der Waals surface area (Å²) in [7, 11) is 0. The second kappa shape index (κ2) is 5.75. The minimum atomic E-state index is 0.389. The molecule has 0 amide bonds. The lowest BCUT2D eigenvalue weighted by molar-refractivity contribution is 0.379. The van der Waals surface area contributed by atoms with Crippen LogP contribution >= 0.6 is 0 Å². The van der Waals surface area contributed by atoms with Crippen molar-refractivity contribution in [3.05, 3.63) is 29.8 Å². The lowest BCUT2D eigenvalue weighted by Crippen LogP contribution is -2.30. The van der Waals surface area contributed by atoms with Gasteiger partial charge < -0.3 is 10.2 Å². The Kier molecular flexibility index (Phi) is 4.28. The third-order valence-electron chi connectivity index (χ3n) is 3.42. The van der Waals surface area contributed by atoms with Gasteiger partial charge in [0.2, 0.25) is 0 Å². The highest BCUT2D eigenvalue weighted by molar-refractivity contribution is 5.57. The van der Waals surface area contributed by atoms with Gasteiger partial charge in [0.25, 0.3) is 0 Å². The van der Waals surface area contributed by atoms with Crippen LogP contribution in [0.2, 0.25) is 0 Å². The summed E-state index contributed by atoms with van der Waals surface area (Å²) in [5.74, 6) is 0. The molecule has 18 heavy (non-hydrogen) atoms. The summed E-state index contributed by atoms with van der Waals surface area (Å²) in [5.41, 5.74) is 3.36. The minimum absolute atomic E-state index is 0.389. The molecule has 2 nitrogen and oxygen atoms in total. The SMILES string of the molecule is CC(C)(C)CNCCCN1CCc2ccccc21. The topological polar surface area (TPSA) is 15.3 Å². The minimum Gasteiger partial charge on any atom is -0.371 e. The predicted molar refractivity (Wildman–Crippen MR) is 79.3 cm³/mol. The summed E-state index contributed by atoms with van der Waals surface area (Å²) in [6.45, 7) is 11.4. The molecule has 1 heterocycles. The van der Waals surface area contributed by atoms with Crippen LogP contribution in [-0.4, -0.2) is 26.2 Å². The summed E-state index contributed by atoms with van der Waals surface area (Å²) in [4.78, 5) is 2.52. The Morgan fingerprint density at radius 2 is 2.00 bits per heavy atom. The molecule has 1 aliphatic rings. The van der Waals surface area contributed by atoms with Crippen molar-refractivity contribution in [1.82, 2.24) is 5.32 Å². The molecular weight excluding hydrogens is 220 g/mol. The molecule has 1 aromatic rings. The summed E-state index contributed by atoms with van der Waals surface area (Å²) in [6, 6.07) is 8.81. The first kappa shape index (κ1) is 13.4. The number of fused-ring (bicyclic) bond motifs is 1. The van der Waals surface area contributed by atoms with Gasteiger partial charge in [-0.05, 0) is 43.0 Å². The van der Waals surface area contributed by atoms with E-state index in [-0.39, 0.29) is 0 Å². The van der Waals surface area contributed by atoms with Crippen molar-refractivity contribution in [3.8, 4) is 0 Å². The number of anilines is 1. The van der Waals surface area contributed by atoms with E-state index in [1.54, 1.807) is 0 Å². The van der Waals surface area contributed by atoms with Crippen molar-refractivity contribution < 1.29 is 0 Å². The average molecular weight is 246 g/mol. The maximum atomic E-state index is 3.55. The monoisotopic (exact) mass is 246 g/mol. The van der Waals surface area contributed by atoms with Gasteiger partial charge in [-0.1, -0.05) is 39.0 Å². The lowest BCUT2D eigenvalue weighted by atomic mass is 9.97. The van der Waals surface area contributed by atoms with Crippen molar-refractivity contribution >= 4 is 5.69 Å². The smallest absolute Gasteiger partial charge is 0.0399 e. The zero-order valence-electron chi connectivity index (χ0n) is 12.0.